The van der Waals surface area contributed by atoms with E-state index in [1.54, 1.807) is 0 Å². The highest BCUT2D eigenvalue weighted by Gasteiger charge is 2.23. The van der Waals surface area contributed by atoms with Crippen LogP contribution in [0.15, 0.2) is 22.0 Å². The zero-order valence-electron chi connectivity index (χ0n) is 12.0. The van der Waals surface area contributed by atoms with Gasteiger partial charge >= 0.3 is 0 Å². The van der Waals surface area contributed by atoms with Crippen LogP contribution < -0.4 is 10.9 Å². The van der Waals surface area contributed by atoms with Gasteiger partial charge in [-0.25, -0.2) is 8.42 Å². The Morgan fingerprint density at radius 3 is 2.62 bits per heavy atom. The van der Waals surface area contributed by atoms with E-state index in [1.165, 1.54) is 7.05 Å². The van der Waals surface area contributed by atoms with Crippen LogP contribution in [0.1, 0.15) is 13.8 Å². The van der Waals surface area contributed by atoms with E-state index in [4.69, 9.17) is 11.6 Å². The summed E-state index contributed by atoms with van der Waals surface area (Å²) in [6.07, 6.45) is 1.05. The monoisotopic (exact) mass is 335 g/mol. The van der Waals surface area contributed by atoms with Crippen molar-refractivity contribution >= 4 is 27.5 Å². The van der Waals surface area contributed by atoms with Crippen molar-refractivity contribution in [3.8, 4) is 0 Å². The maximum absolute atomic E-state index is 12.2. The number of rotatable bonds is 6. The van der Waals surface area contributed by atoms with Gasteiger partial charge in [0.15, 0.2) is 0 Å². The van der Waals surface area contributed by atoms with Crippen molar-refractivity contribution in [3.63, 3.8) is 0 Å². The number of H-pyrrole nitrogens is 1. The van der Waals surface area contributed by atoms with Crippen LogP contribution in [0.5, 0.6) is 0 Å². The molecule has 0 aliphatic heterocycles. The van der Waals surface area contributed by atoms with E-state index < -0.39 is 21.5 Å². The lowest BCUT2D eigenvalue weighted by atomic mass is 10.2. The summed E-state index contributed by atoms with van der Waals surface area (Å²) in [7, 11) is -2.61. The normalized spacial score (nSPS) is 11.9. The molecular weight excluding hydrogens is 318 g/mol. The first-order chi connectivity index (χ1) is 9.64. The fourth-order valence-corrected chi connectivity index (χ4v) is 2.79. The summed E-state index contributed by atoms with van der Waals surface area (Å²) in [4.78, 5) is 24.8. The summed E-state index contributed by atoms with van der Waals surface area (Å²) in [5.74, 6) is -0.126. The summed E-state index contributed by atoms with van der Waals surface area (Å²) in [5, 5.41) is 2.40. The van der Waals surface area contributed by atoms with Crippen molar-refractivity contribution in [1.29, 1.82) is 0 Å². The van der Waals surface area contributed by atoms with Gasteiger partial charge in [-0.1, -0.05) is 25.4 Å². The molecule has 118 valence electrons. The average Bonchev–Trinajstić information content (AvgIpc) is 2.39. The number of pyridine rings is 1. The Morgan fingerprint density at radius 2 is 2.10 bits per heavy atom. The van der Waals surface area contributed by atoms with Crippen LogP contribution in [0, 0.1) is 5.92 Å². The molecule has 0 aliphatic carbocycles. The van der Waals surface area contributed by atoms with Crippen LogP contribution in [0.3, 0.4) is 0 Å². The van der Waals surface area contributed by atoms with Crippen LogP contribution in [-0.2, 0) is 14.8 Å². The minimum absolute atomic E-state index is 0.175. The number of aromatic amines is 1. The lowest BCUT2D eigenvalue weighted by Crippen LogP contribution is -2.39. The van der Waals surface area contributed by atoms with Gasteiger partial charge in [0.25, 0.3) is 5.56 Å². The van der Waals surface area contributed by atoms with E-state index in [0.29, 0.717) is 6.54 Å². The predicted octanol–water partition coefficient (Wildman–Crippen LogP) is 0.421. The largest absolute Gasteiger partial charge is 0.355 e. The van der Waals surface area contributed by atoms with Crippen LogP contribution in [0.4, 0.5) is 0 Å². The number of halogens is 1. The molecule has 21 heavy (non-hydrogen) atoms. The van der Waals surface area contributed by atoms with Gasteiger partial charge in [-0.15, -0.1) is 0 Å². The Kier molecular flexibility index (Phi) is 5.94. The number of aromatic nitrogens is 1. The Bertz CT molecular complexity index is 669. The zero-order chi connectivity index (χ0) is 16.2. The molecule has 0 spiro atoms. The molecule has 9 heteroatoms. The first-order valence-corrected chi connectivity index (χ1v) is 8.07. The summed E-state index contributed by atoms with van der Waals surface area (Å²) in [6.45, 7) is 4.02. The van der Waals surface area contributed by atoms with Gasteiger partial charge in [-0.05, 0) is 12.0 Å². The molecule has 0 radical (unpaired) electrons. The molecular formula is C12H18ClN3O4S. The molecule has 1 rings (SSSR count). The summed E-state index contributed by atoms with van der Waals surface area (Å²) >= 11 is 5.61. The topological polar surface area (TPSA) is 99.3 Å². The second-order valence-electron chi connectivity index (χ2n) is 4.97. The number of likely N-dealkylation sites (N-methyl/N-ethyl adjacent to an activating group) is 1. The van der Waals surface area contributed by atoms with Gasteiger partial charge in [-0.2, -0.15) is 4.31 Å². The van der Waals surface area contributed by atoms with Gasteiger partial charge in [0.1, 0.15) is 5.02 Å². The molecule has 0 unspecified atom stereocenters. The van der Waals surface area contributed by atoms with Crippen LogP contribution in [-0.4, -0.2) is 43.8 Å². The van der Waals surface area contributed by atoms with E-state index in [9.17, 15) is 18.0 Å². The summed E-state index contributed by atoms with van der Waals surface area (Å²) < 4.78 is 25.4. The zero-order valence-corrected chi connectivity index (χ0v) is 13.6. The third-order valence-corrected chi connectivity index (χ3v) is 4.68. The highest BCUT2D eigenvalue weighted by atomic mass is 35.5. The SMILES string of the molecule is CC(C)CNC(=O)CN(C)S(=O)(=O)c1c[nH]c(=O)c(Cl)c1. The van der Waals surface area contributed by atoms with Crippen LogP contribution >= 0.6 is 11.6 Å². The van der Waals surface area contributed by atoms with Gasteiger partial charge in [0.2, 0.25) is 15.9 Å². The van der Waals surface area contributed by atoms with E-state index >= 15 is 0 Å². The number of carbonyl (C=O) groups excluding carboxylic acids is 1. The third kappa shape index (κ3) is 4.83. The highest BCUT2D eigenvalue weighted by molar-refractivity contribution is 7.89. The molecule has 0 saturated heterocycles. The number of sulfonamides is 1. The third-order valence-electron chi connectivity index (χ3n) is 2.61. The lowest BCUT2D eigenvalue weighted by Gasteiger charge is -2.17. The minimum atomic E-state index is -3.89. The Balaban J connectivity index is 2.84. The van der Waals surface area contributed by atoms with Crippen LogP contribution in [0.2, 0.25) is 5.02 Å². The highest BCUT2D eigenvalue weighted by Crippen LogP contribution is 2.14. The molecule has 1 aromatic heterocycles. The fraction of sp³-hybridized carbons (Fsp3) is 0.500. The smallest absolute Gasteiger partial charge is 0.266 e. The average molecular weight is 336 g/mol. The number of amides is 1. The van der Waals surface area contributed by atoms with Gasteiger partial charge in [0, 0.05) is 19.8 Å². The Hall–Kier alpha value is -1.38. The van der Waals surface area contributed by atoms with E-state index in [-0.39, 0.29) is 22.4 Å². The Morgan fingerprint density at radius 1 is 1.48 bits per heavy atom. The van der Waals surface area contributed by atoms with Crippen molar-refractivity contribution in [2.45, 2.75) is 18.7 Å². The van der Waals surface area contributed by atoms with Gasteiger partial charge in [0.05, 0.1) is 11.4 Å². The molecule has 0 aromatic carbocycles. The van der Waals surface area contributed by atoms with E-state index in [0.717, 1.165) is 16.6 Å². The molecule has 0 saturated carbocycles. The number of nitrogens with zero attached hydrogens (tertiary/aromatic N) is 1. The Labute approximate surface area is 128 Å². The maximum Gasteiger partial charge on any atom is 0.266 e. The second kappa shape index (κ2) is 7.06. The molecule has 0 fully saturated rings. The standard InChI is InChI=1S/C12H18ClN3O4S/c1-8(2)5-14-11(17)7-16(3)21(19,20)9-4-10(13)12(18)15-6-9/h4,6,8H,5,7H2,1-3H3,(H,14,17)(H,15,18). The summed E-state index contributed by atoms with van der Waals surface area (Å²) in [5.41, 5.74) is -0.576. The van der Waals surface area contributed by atoms with Crippen LogP contribution in [0.25, 0.3) is 0 Å². The van der Waals surface area contributed by atoms with Crippen molar-refractivity contribution in [1.82, 2.24) is 14.6 Å². The lowest BCUT2D eigenvalue weighted by molar-refractivity contribution is -0.121. The molecule has 1 aromatic rings. The first kappa shape index (κ1) is 17.7. The molecule has 1 amide bonds. The first-order valence-electron chi connectivity index (χ1n) is 6.26. The van der Waals surface area contributed by atoms with E-state index in [1.807, 2.05) is 13.8 Å². The van der Waals surface area contributed by atoms with Crippen molar-refractivity contribution in [3.05, 3.63) is 27.6 Å². The second-order valence-corrected chi connectivity index (χ2v) is 7.42. The van der Waals surface area contributed by atoms with Crippen molar-refractivity contribution in [2.75, 3.05) is 20.1 Å². The fourth-order valence-electron chi connectivity index (χ4n) is 1.43. The number of hydrogen-bond acceptors (Lipinski definition) is 4. The molecule has 7 nitrogen and oxygen atoms in total. The maximum atomic E-state index is 12.2. The molecule has 0 aliphatic rings. The van der Waals surface area contributed by atoms with Crippen molar-refractivity contribution in [2.24, 2.45) is 5.92 Å². The molecule has 2 N–H and O–H groups in total. The summed E-state index contributed by atoms with van der Waals surface area (Å²) in [6, 6.07) is 1.05. The number of nitrogens with one attached hydrogen (secondary N) is 2. The molecule has 0 atom stereocenters. The van der Waals surface area contributed by atoms with Gasteiger partial charge in [-0.3, -0.25) is 9.59 Å². The molecule has 0 bridgehead atoms. The van der Waals surface area contributed by atoms with E-state index in [2.05, 4.69) is 10.3 Å². The predicted molar refractivity (Wildman–Crippen MR) is 79.7 cm³/mol. The minimum Gasteiger partial charge on any atom is -0.355 e. The quantitative estimate of drug-likeness (QED) is 0.787. The molecule has 1 heterocycles. The number of hydrogen-bond donors (Lipinski definition) is 2. The number of carbonyl (C=O) groups is 1. The van der Waals surface area contributed by atoms with Crippen molar-refractivity contribution < 1.29 is 13.2 Å². The van der Waals surface area contributed by atoms with Gasteiger partial charge < -0.3 is 10.3 Å².